The number of urea groups is 1. The average Bonchev–Trinajstić information content (AvgIpc) is 3.06. The predicted octanol–water partition coefficient (Wildman–Crippen LogP) is 2.95. The minimum Gasteiger partial charge on any atom is -0.336 e. The predicted molar refractivity (Wildman–Crippen MR) is 106 cm³/mol. The molecule has 1 N–H and O–H groups in total. The SMILES string of the molecule is CN1CCCN(C(=O)NC[C@@H](c2ccccc2)N2CCCCCC2)CC1. The monoisotopic (exact) mass is 358 g/mol. The third kappa shape index (κ3) is 5.45. The highest BCUT2D eigenvalue weighted by Gasteiger charge is 2.23. The van der Waals surface area contributed by atoms with Crippen molar-refractivity contribution in [2.75, 3.05) is 52.9 Å². The van der Waals surface area contributed by atoms with Crippen molar-refractivity contribution in [2.45, 2.75) is 38.1 Å². The summed E-state index contributed by atoms with van der Waals surface area (Å²) in [6.07, 6.45) is 6.22. The van der Waals surface area contributed by atoms with Crippen LogP contribution in [-0.4, -0.2) is 73.6 Å². The van der Waals surface area contributed by atoms with E-state index in [1.165, 1.54) is 31.2 Å². The van der Waals surface area contributed by atoms with Gasteiger partial charge in [-0.05, 0) is 51.5 Å². The number of benzene rings is 1. The second-order valence-corrected chi connectivity index (χ2v) is 7.71. The summed E-state index contributed by atoms with van der Waals surface area (Å²) in [7, 11) is 2.13. The van der Waals surface area contributed by atoms with Gasteiger partial charge in [0.05, 0.1) is 6.04 Å². The zero-order valence-corrected chi connectivity index (χ0v) is 16.2. The van der Waals surface area contributed by atoms with Crippen molar-refractivity contribution in [3.05, 3.63) is 35.9 Å². The topological polar surface area (TPSA) is 38.8 Å². The molecule has 0 saturated carbocycles. The molecule has 0 unspecified atom stereocenters. The molecule has 5 heteroatoms. The molecule has 0 spiro atoms. The Labute approximate surface area is 158 Å². The molecule has 0 aliphatic carbocycles. The molecule has 0 bridgehead atoms. The first kappa shape index (κ1) is 19.2. The van der Waals surface area contributed by atoms with Crippen molar-refractivity contribution in [2.24, 2.45) is 0 Å². The number of rotatable bonds is 4. The van der Waals surface area contributed by atoms with Gasteiger partial charge in [-0.2, -0.15) is 0 Å². The Morgan fingerprint density at radius 2 is 1.65 bits per heavy atom. The van der Waals surface area contributed by atoms with Gasteiger partial charge in [-0.25, -0.2) is 4.79 Å². The fourth-order valence-corrected chi connectivity index (χ4v) is 4.09. The number of likely N-dealkylation sites (tertiary alicyclic amines) is 1. The van der Waals surface area contributed by atoms with E-state index >= 15 is 0 Å². The van der Waals surface area contributed by atoms with Crippen LogP contribution in [0.5, 0.6) is 0 Å². The van der Waals surface area contributed by atoms with Crippen LogP contribution in [0.15, 0.2) is 30.3 Å². The summed E-state index contributed by atoms with van der Waals surface area (Å²) in [5, 5.41) is 3.24. The van der Waals surface area contributed by atoms with E-state index in [-0.39, 0.29) is 12.1 Å². The summed E-state index contributed by atoms with van der Waals surface area (Å²) >= 11 is 0. The highest BCUT2D eigenvalue weighted by molar-refractivity contribution is 5.74. The second-order valence-electron chi connectivity index (χ2n) is 7.71. The maximum absolute atomic E-state index is 12.7. The molecule has 1 aromatic rings. The zero-order valence-electron chi connectivity index (χ0n) is 16.2. The van der Waals surface area contributed by atoms with Gasteiger partial charge in [0.2, 0.25) is 0 Å². The van der Waals surface area contributed by atoms with E-state index in [0.717, 1.165) is 45.7 Å². The van der Waals surface area contributed by atoms with Crippen LogP contribution in [0.3, 0.4) is 0 Å². The lowest BCUT2D eigenvalue weighted by Gasteiger charge is -2.32. The highest BCUT2D eigenvalue weighted by Crippen LogP contribution is 2.23. The number of carbonyl (C=O) groups excluding carboxylic acids is 1. The fourth-order valence-electron chi connectivity index (χ4n) is 4.09. The van der Waals surface area contributed by atoms with E-state index in [0.29, 0.717) is 6.54 Å². The van der Waals surface area contributed by atoms with Gasteiger partial charge in [0.1, 0.15) is 0 Å². The van der Waals surface area contributed by atoms with Gasteiger partial charge in [0.15, 0.2) is 0 Å². The molecular formula is C21H34N4O. The Kier molecular flexibility index (Phi) is 7.32. The van der Waals surface area contributed by atoms with Crippen LogP contribution in [0.25, 0.3) is 0 Å². The minimum atomic E-state index is 0.0936. The van der Waals surface area contributed by atoms with Crippen LogP contribution < -0.4 is 5.32 Å². The molecule has 5 nitrogen and oxygen atoms in total. The smallest absolute Gasteiger partial charge is 0.317 e. The van der Waals surface area contributed by atoms with Crippen LogP contribution >= 0.6 is 0 Å². The molecule has 2 saturated heterocycles. The summed E-state index contributed by atoms with van der Waals surface area (Å²) in [5.74, 6) is 0. The van der Waals surface area contributed by atoms with Crippen LogP contribution in [0, 0.1) is 0 Å². The third-order valence-electron chi connectivity index (χ3n) is 5.72. The van der Waals surface area contributed by atoms with Crippen molar-refractivity contribution in [3.8, 4) is 0 Å². The van der Waals surface area contributed by atoms with E-state index in [4.69, 9.17) is 0 Å². The van der Waals surface area contributed by atoms with Crippen molar-refractivity contribution < 1.29 is 4.79 Å². The molecule has 2 heterocycles. The van der Waals surface area contributed by atoms with Crippen LogP contribution in [0.1, 0.15) is 43.7 Å². The third-order valence-corrected chi connectivity index (χ3v) is 5.72. The molecule has 0 radical (unpaired) electrons. The molecule has 1 aromatic carbocycles. The number of likely N-dealkylation sites (N-methyl/N-ethyl adjacent to an activating group) is 1. The number of hydrogen-bond acceptors (Lipinski definition) is 3. The fraction of sp³-hybridized carbons (Fsp3) is 0.667. The maximum atomic E-state index is 12.7. The van der Waals surface area contributed by atoms with Gasteiger partial charge in [-0.3, -0.25) is 4.90 Å². The van der Waals surface area contributed by atoms with Gasteiger partial charge < -0.3 is 15.1 Å². The Hall–Kier alpha value is -1.59. The second kappa shape index (κ2) is 9.93. The summed E-state index contributed by atoms with van der Waals surface area (Å²) in [6, 6.07) is 11.0. The number of hydrogen-bond donors (Lipinski definition) is 1. The summed E-state index contributed by atoms with van der Waals surface area (Å²) in [6.45, 7) is 6.66. The highest BCUT2D eigenvalue weighted by atomic mass is 16.2. The molecule has 2 aliphatic rings. The summed E-state index contributed by atoms with van der Waals surface area (Å²) in [5.41, 5.74) is 1.31. The standard InChI is InChI=1S/C21H34N4O/c1-23-12-9-15-25(17-16-23)21(26)22-18-20(19-10-5-4-6-11-19)24-13-7-2-3-8-14-24/h4-6,10-11,20H,2-3,7-9,12-18H2,1H3,(H,22,26)/t20-/m0/s1. The largest absolute Gasteiger partial charge is 0.336 e. The van der Waals surface area contributed by atoms with E-state index in [2.05, 4.69) is 52.5 Å². The Bertz CT molecular complexity index is 542. The van der Waals surface area contributed by atoms with E-state index < -0.39 is 0 Å². The maximum Gasteiger partial charge on any atom is 0.317 e. The Morgan fingerprint density at radius 1 is 0.923 bits per heavy atom. The van der Waals surface area contributed by atoms with Crippen molar-refractivity contribution in [1.82, 2.24) is 20.0 Å². The van der Waals surface area contributed by atoms with Gasteiger partial charge in [-0.15, -0.1) is 0 Å². The molecule has 144 valence electrons. The minimum absolute atomic E-state index is 0.0936. The van der Waals surface area contributed by atoms with Gasteiger partial charge in [-0.1, -0.05) is 43.2 Å². The van der Waals surface area contributed by atoms with Crippen molar-refractivity contribution in [1.29, 1.82) is 0 Å². The molecule has 2 fully saturated rings. The normalized spacial score (nSPS) is 21.7. The first-order valence-electron chi connectivity index (χ1n) is 10.2. The number of nitrogens with one attached hydrogen (secondary N) is 1. The first-order chi connectivity index (χ1) is 12.7. The first-order valence-corrected chi connectivity index (χ1v) is 10.2. The van der Waals surface area contributed by atoms with Crippen molar-refractivity contribution >= 4 is 6.03 Å². The lowest BCUT2D eigenvalue weighted by atomic mass is 10.0. The van der Waals surface area contributed by atoms with E-state index in [1.54, 1.807) is 0 Å². The van der Waals surface area contributed by atoms with E-state index in [1.807, 2.05) is 4.90 Å². The zero-order chi connectivity index (χ0) is 18.2. The van der Waals surface area contributed by atoms with Gasteiger partial charge in [0.25, 0.3) is 0 Å². The molecule has 3 rings (SSSR count). The number of nitrogens with zero attached hydrogens (tertiary/aromatic N) is 3. The molecule has 2 aliphatic heterocycles. The number of amides is 2. The molecule has 1 atom stereocenters. The molecular weight excluding hydrogens is 324 g/mol. The van der Waals surface area contributed by atoms with Crippen LogP contribution in [0.4, 0.5) is 4.79 Å². The van der Waals surface area contributed by atoms with Gasteiger partial charge in [0, 0.05) is 26.2 Å². The lowest BCUT2D eigenvalue weighted by molar-refractivity contribution is 0.179. The van der Waals surface area contributed by atoms with Crippen LogP contribution in [-0.2, 0) is 0 Å². The van der Waals surface area contributed by atoms with Gasteiger partial charge >= 0.3 is 6.03 Å². The lowest BCUT2D eigenvalue weighted by Crippen LogP contribution is -2.45. The number of carbonyl (C=O) groups is 1. The summed E-state index contributed by atoms with van der Waals surface area (Å²) < 4.78 is 0. The van der Waals surface area contributed by atoms with E-state index in [9.17, 15) is 4.79 Å². The van der Waals surface area contributed by atoms with Crippen molar-refractivity contribution in [3.63, 3.8) is 0 Å². The quantitative estimate of drug-likeness (QED) is 0.899. The summed E-state index contributed by atoms with van der Waals surface area (Å²) in [4.78, 5) is 19.6. The van der Waals surface area contributed by atoms with Crippen LogP contribution in [0.2, 0.25) is 0 Å². The Morgan fingerprint density at radius 3 is 2.38 bits per heavy atom. The molecule has 2 amide bonds. The molecule has 26 heavy (non-hydrogen) atoms. The average molecular weight is 359 g/mol. The Balaban J connectivity index is 1.62. The molecule has 0 aromatic heterocycles.